The number of non-ortho nitro benzene ring substituents is 1. The van der Waals surface area contributed by atoms with Crippen molar-refractivity contribution in [1.82, 2.24) is 4.90 Å². The van der Waals surface area contributed by atoms with Crippen LogP contribution in [-0.4, -0.2) is 34.0 Å². The number of nitro benzene ring substituents is 1. The number of likely N-dealkylation sites (tertiary alicyclic amines) is 1. The minimum Gasteiger partial charge on any atom is -0.351 e. The number of amidine groups is 1. The smallest absolute Gasteiger partial charge is 0.286 e. The van der Waals surface area contributed by atoms with Crippen molar-refractivity contribution in [3.8, 4) is 0 Å². The highest BCUT2D eigenvalue weighted by Gasteiger charge is 2.27. The molecule has 0 aliphatic carbocycles. The summed E-state index contributed by atoms with van der Waals surface area (Å²) in [5.41, 5.74) is 0.390. The number of hydrogen-bond donors (Lipinski definition) is 0. The molecule has 23 heavy (non-hydrogen) atoms. The molecule has 2 aliphatic rings. The second kappa shape index (κ2) is 6.72. The number of carbonyl (C=O) groups is 1. The highest BCUT2D eigenvalue weighted by atomic mass is 35.5. The normalized spacial score (nSPS) is 20.0. The van der Waals surface area contributed by atoms with Gasteiger partial charge in [0.15, 0.2) is 5.17 Å². The van der Waals surface area contributed by atoms with Crippen LogP contribution in [0.15, 0.2) is 28.1 Å². The van der Waals surface area contributed by atoms with Gasteiger partial charge in [-0.15, -0.1) is 0 Å². The first-order chi connectivity index (χ1) is 11.0. The molecule has 6 nitrogen and oxygen atoms in total. The van der Waals surface area contributed by atoms with Gasteiger partial charge in [-0.2, -0.15) is 4.99 Å². The molecule has 0 atom stereocenters. The van der Waals surface area contributed by atoms with Crippen LogP contribution in [0, 0.1) is 10.1 Å². The Morgan fingerprint density at radius 2 is 2.04 bits per heavy atom. The third-order valence-electron chi connectivity index (χ3n) is 3.71. The molecule has 8 heteroatoms. The molecule has 0 radical (unpaired) electrons. The van der Waals surface area contributed by atoms with Gasteiger partial charge in [-0.1, -0.05) is 11.6 Å². The molecule has 0 saturated carbocycles. The van der Waals surface area contributed by atoms with E-state index in [0.717, 1.165) is 25.9 Å². The van der Waals surface area contributed by atoms with Gasteiger partial charge in [-0.3, -0.25) is 14.9 Å². The van der Waals surface area contributed by atoms with Crippen LogP contribution in [0.1, 0.15) is 24.8 Å². The Hall–Kier alpha value is -1.86. The molecule has 120 valence electrons. The van der Waals surface area contributed by atoms with Crippen molar-refractivity contribution < 1.29 is 9.72 Å². The Labute approximate surface area is 142 Å². The largest absolute Gasteiger partial charge is 0.351 e. The molecule has 0 unspecified atom stereocenters. The van der Waals surface area contributed by atoms with Gasteiger partial charge >= 0.3 is 0 Å². The molecular formula is C15H14ClN3O3S. The first-order valence-corrected chi connectivity index (χ1v) is 8.45. The predicted octanol–water partition coefficient (Wildman–Crippen LogP) is 3.70. The van der Waals surface area contributed by atoms with Gasteiger partial charge in [-0.05, 0) is 43.2 Å². The van der Waals surface area contributed by atoms with Crippen LogP contribution < -0.4 is 0 Å². The van der Waals surface area contributed by atoms with E-state index in [-0.39, 0.29) is 11.6 Å². The first-order valence-electron chi connectivity index (χ1n) is 7.26. The fourth-order valence-electron chi connectivity index (χ4n) is 2.52. The molecule has 2 aliphatic heterocycles. The SMILES string of the molecule is O=C1N=C(N2CCCCC2)S/C1=C\c1cc([N+](=O)[O-])ccc1Cl. The summed E-state index contributed by atoms with van der Waals surface area (Å²) in [6.07, 6.45) is 4.98. The van der Waals surface area contributed by atoms with Crippen LogP contribution in [-0.2, 0) is 4.79 Å². The van der Waals surface area contributed by atoms with Crippen LogP contribution >= 0.6 is 23.4 Å². The number of amides is 1. The van der Waals surface area contributed by atoms with Crippen LogP contribution in [0.5, 0.6) is 0 Å². The molecule has 1 fully saturated rings. The third-order valence-corrected chi connectivity index (χ3v) is 5.10. The fourth-order valence-corrected chi connectivity index (χ4v) is 3.64. The first kappa shape index (κ1) is 16.0. The van der Waals surface area contributed by atoms with Crippen molar-refractivity contribution in [3.63, 3.8) is 0 Å². The zero-order valence-corrected chi connectivity index (χ0v) is 13.8. The molecule has 3 rings (SSSR count). The number of nitrogens with zero attached hydrogens (tertiary/aromatic N) is 3. The van der Waals surface area contributed by atoms with Gasteiger partial charge in [0.25, 0.3) is 11.6 Å². The van der Waals surface area contributed by atoms with Gasteiger partial charge < -0.3 is 4.90 Å². The lowest BCUT2D eigenvalue weighted by Gasteiger charge is -2.27. The number of carbonyl (C=O) groups excluding carboxylic acids is 1. The standard InChI is InChI=1S/C15H14ClN3O3S/c16-12-5-4-11(19(21)22)8-10(12)9-13-14(20)17-15(23-13)18-6-2-1-3-7-18/h4-5,8-9H,1-3,6-7H2/b13-9-. The maximum atomic E-state index is 12.1. The average Bonchev–Trinajstić information content (AvgIpc) is 2.91. The Kier molecular flexibility index (Phi) is 4.68. The summed E-state index contributed by atoms with van der Waals surface area (Å²) >= 11 is 7.38. The second-order valence-corrected chi connectivity index (χ2v) is 6.74. The van der Waals surface area contributed by atoms with Crippen molar-refractivity contribution in [2.75, 3.05) is 13.1 Å². The van der Waals surface area contributed by atoms with E-state index in [0.29, 0.717) is 20.7 Å². The number of hydrogen-bond acceptors (Lipinski definition) is 5. The van der Waals surface area contributed by atoms with Crippen LogP contribution in [0.25, 0.3) is 6.08 Å². The van der Waals surface area contributed by atoms with Crippen molar-refractivity contribution >= 4 is 46.2 Å². The van der Waals surface area contributed by atoms with Crippen LogP contribution in [0.3, 0.4) is 0 Å². The fraction of sp³-hybridized carbons (Fsp3) is 0.333. The van der Waals surface area contributed by atoms with Gasteiger partial charge in [0.2, 0.25) is 0 Å². The molecule has 1 amide bonds. The third kappa shape index (κ3) is 3.56. The molecular weight excluding hydrogens is 338 g/mol. The van der Waals surface area contributed by atoms with Crippen molar-refractivity contribution in [2.24, 2.45) is 4.99 Å². The molecule has 1 saturated heterocycles. The Morgan fingerprint density at radius 3 is 2.74 bits per heavy atom. The molecule has 0 aromatic heterocycles. The van der Waals surface area contributed by atoms with Gasteiger partial charge in [-0.25, -0.2) is 0 Å². The molecule has 0 spiro atoms. The van der Waals surface area contributed by atoms with E-state index in [4.69, 9.17) is 11.6 Å². The summed E-state index contributed by atoms with van der Waals surface area (Å²) in [7, 11) is 0. The molecule has 0 bridgehead atoms. The summed E-state index contributed by atoms with van der Waals surface area (Å²) in [4.78, 5) is 29.1. The molecule has 0 N–H and O–H groups in total. The quantitative estimate of drug-likeness (QED) is 0.461. The van der Waals surface area contributed by atoms with Gasteiger partial charge in [0.05, 0.1) is 9.83 Å². The minimum atomic E-state index is -0.488. The maximum absolute atomic E-state index is 12.1. The summed E-state index contributed by atoms with van der Waals surface area (Å²) < 4.78 is 0. The maximum Gasteiger partial charge on any atom is 0.286 e. The second-order valence-electron chi connectivity index (χ2n) is 5.32. The molecule has 1 aromatic carbocycles. The minimum absolute atomic E-state index is 0.0612. The van der Waals surface area contributed by atoms with Crippen molar-refractivity contribution in [3.05, 3.63) is 43.8 Å². The number of halogens is 1. The van der Waals surface area contributed by atoms with E-state index in [9.17, 15) is 14.9 Å². The summed E-state index contributed by atoms with van der Waals surface area (Å²) in [5.74, 6) is -0.321. The number of thioether (sulfide) groups is 1. The van der Waals surface area contributed by atoms with Gasteiger partial charge in [0.1, 0.15) is 0 Å². The zero-order valence-electron chi connectivity index (χ0n) is 12.2. The lowest BCUT2D eigenvalue weighted by Crippen LogP contribution is -2.33. The van der Waals surface area contributed by atoms with E-state index >= 15 is 0 Å². The summed E-state index contributed by atoms with van der Waals surface area (Å²) in [5, 5.41) is 11.9. The highest BCUT2D eigenvalue weighted by molar-refractivity contribution is 8.18. The number of piperidine rings is 1. The zero-order chi connectivity index (χ0) is 16.4. The highest BCUT2D eigenvalue weighted by Crippen LogP contribution is 2.33. The number of rotatable bonds is 2. The Bertz CT molecular complexity index is 727. The van der Waals surface area contributed by atoms with Gasteiger partial charge in [0, 0.05) is 35.8 Å². The van der Waals surface area contributed by atoms with E-state index in [1.807, 2.05) is 0 Å². The summed E-state index contributed by atoms with van der Waals surface area (Å²) in [6.45, 7) is 1.81. The topological polar surface area (TPSA) is 75.8 Å². The van der Waals surface area contributed by atoms with E-state index < -0.39 is 4.92 Å². The number of benzene rings is 1. The predicted molar refractivity (Wildman–Crippen MR) is 91.5 cm³/mol. The van der Waals surface area contributed by atoms with E-state index in [1.54, 1.807) is 6.08 Å². The summed E-state index contributed by atoms with van der Waals surface area (Å²) in [6, 6.07) is 4.16. The Balaban J connectivity index is 1.83. The number of aliphatic imine (C=N–C) groups is 1. The average molecular weight is 352 g/mol. The lowest BCUT2D eigenvalue weighted by molar-refractivity contribution is -0.384. The Morgan fingerprint density at radius 1 is 1.30 bits per heavy atom. The van der Waals surface area contributed by atoms with E-state index in [1.165, 1.54) is 36.4 Å². The van der Waals surface area contributed by atoms with Crippen molar-refractivity contribution in [2.45, 2.75) is 19.3 Å². The molecule has 1 aromatic rings. The van der Waals surface area contributed by atoms with Crippen LogP contribution in [0.2, 0.25) is 5.02 Å². The number of nitro groups is 1. The van der Waals surface area contributed by atoms with Crippen molar-refractivity contribution in [1.29, 1.82) is 0 Å². The van der Waals surface area contributed by atoms with Crippen LogP contribution in [0.4, 0.5) is 5.69 Å². The molecule has 2 heterocycles. The lowest BCUT2D eigenvalue weighted by atomic mass is 10.1. The van der Waals surface area contributed by atoms with E-state index in [2.05, 4.69) is 9.89 Å². The monoisotopic (exact) mass is 351 g/mol.